The smallest absolute Gasteiger partial charge is 0.121 e. The normalized spacial score (nSPS) is 22.8. The highest BCUT2D eigenvalue weighted by molar-refractivity contribution is 5.83. The quantitative estimate of drug-likeness (QED) is 0.642. The van der Waals surface area contributed by atoms with Crippen molar-refractivity contribution in [2.24, 2.45) is 10.8 Å². The molecular formula is C9H18N4. The van der Waals surface area contributed by atoms with Gasteiger partial charge in [-0.05, 0) is 13.8 Å². The first-order chi connectivity index (χ1) is 6.15. The zero-order valence-electron chi connectivity index (χ0n) is 8.40. The summed E-state index contributed by atoms with van der Waals surface area (Å²) in [6, 6.07) is 0.538. The number of hydrogen-bond donors (Lipinski definition) is 1. The molecule has 1 heterocycles. The van der Waals surface area contributed by atoms with E-state index in [4.69, 9.17) is 5.84 Å². The third-order valence-corrected chi connectivity index (χ3v) is 2.26. The van der Waals surface area contributed by atoms with E-state index in [0.29, 0.717) is 6.04 Å². The van der Waals surface area contributed by atoms with Crippen molar-refractivity contribution >= 4 is 5.84 Å². The van der Waals surface area contributed by atoms with Gasteiger partial charge in [0.25, 0.3) is 0 Å². The van der Waals surface area contributed by atoms with Crippen LogP contribution < -0.4 is 5.84 Å². The van der Waals surface area contributed by atoms with Gasteiger partial charge < -0.3 is 0 Å². The molecule has 4 nitrogen and oxygen atoms in total. The van der Waals surface area contributed by atoms with Crippen molar-refractivity contribution in [2.75, 3.05) is 13.2 Å². The van der Waals surface area contributed by atoms with Gasteiger partial charge in [-0.3, -0.25) is 9.91 Å². The molecule has 0 spiro atoms. The number of nitrogens with two attached hydrogens (primary N) is 1. The zero-order valence-corrected chi connectivity index (χ0v) is 8.40. The van der Waals surface area contributed by atoms with Crippen LogP contribution in [0.15, 0.2) is 17.8 Å². The molecular weight excluding hydrogens is 164 g/mol. The lowest BCUT2D eigenvalue weighted by molar-refractivity contribution is 0.131. The number of rotatable bonds is 2. The Morgan fingerprint density at radius 3 is 2.77 bits per heavy atom. The predicted molar refractivity (Wildman–Crippen MR) is 55.0 cm³/mol. The van der Waals surface area contributed by atoms with Crippen molar-refractivity contribution in [1.82, 2.24) is 9.91 Å². The lowest BCUT2D eigenvalue weighted by Gasteiger charge is -2.36. The number of aliphatic imine (C=N–C) groups is 1. The molecule has 0 saturated carbocycles. The average Bonchev–Trinajstić information content (AvgIpc) is 2.08. The highest BCUT2D eigenvalue weighted by Crippen LogP contribution is 2.08. The molecule has 0 aromatic rings. The van der Waals surface area contributed by atoms with E-state index < -0.39 is 0 Å². The lowest BCUT2D eigenvalue weighted by atomic mass is 10.2. The van der Waals surface area contributed by atoms with Crippen LogP contribution in [0.25, 0.3) is 0 Å². The Morgan fingerprint density at radius 1 is 1.62 bits per heavy atom. The lowest BCUT2D eigenvalue weighted by Crippen LogP contribution is -2.53. The fraction of sp³-hybridized carbons (Fsp3) is 0.667. The maximum Gasteiger partial charge on any atom is 0.121 e. The van der Waals surface area contributed by atoms with Crippen molar-refractivity contribution in [2.45, 2.75) is 26.3 Å². The van der Waals surface area contributed by atoms with Crippen molar-refractivity contribution < 1.29 is 0 Å². The summed E-state index contributed by atoms with van der Waals surface area (Å²) in [5, 5.41) is 1.69. The van der Waals surface area contributed by atoms with Crippen LogP contribution in [0.4, 0.5) is 0 Å². The summed E-state index contributed by atoms with van der Waals surface area (Å²) in [5.41, 5.74) is 0. The van der Waals surface area contributed by atoms with Crippen molar-refractivity contribution in [1.29, 1.82) is 0 Å². The fourth-order valence-corrected chi connectivity index (χ4v) is 1.40. The summed E-state index contributed by atoms with van der Waals surface area (Å²) in [6.45, 7) is 9.68. The minimum absolute atomic E-state index is 0.538. The number of nitrogens with zero attached hydrogens (tertiary/aromatic N) is 3. The molecule has 0 atom stereocenters. The molecule has 0 aromatic carbocycles. The minimum atomic E-state index is 0.538. The first-order valence-electron chi connectivity index (χ1n) is 4.59. The summed E-state index contributed by atoms with van der Waals surface area (Å²) < 4.78 is 0. The first kappa shape index (κ1) is 10.2. The Bertz CT molecular complexity index is 210. The molecule has 0 aromatic heterocycles. The molecule has 1 rings (SSSR count). The van der Waals surface area contributed by atoms with Gasteiger partial charge in [0.05, 0.1) is 6.67 Å². The number of amidine groups is 1. The van der Waals surface area contributed by atoms with Gasteiger partial charge in [0.15, 0.2) is 0 Å². The van der Waals surface area contributed by atoms with Crippen LogP contribution >= 0.6 is 0 Å². The van der Waals surface area contributed by atoms with Gasteiger partial charge in [-0.2, -0.15) is 0 Å². The molecule has 1 saturated heterocycles. The van der Waals surface area contributed by atoms with Crippen LogP contribution in [-0.4, -0.2) is 35.0 Å². The summed E-state index contributed by atoms with van der Waals surface area (Å²) in [7, 11) is 0. The van der Waals surface area contributed by atoms with E-state index in [2.05, 4.69) is 30.3 Å². The van der Waals surface area contributed by atoms with Crippen LogP contribution in [0.5, 0.6) is 0 Å². The van der Waals surface area contributed by atoms with Crippen LogP contribution in [0.2, 0.25) is 0 Å². The Kier molecular flexibility index (Phi) is 3.45. The Balaban J connectivity index is 2.56. The second-order valence-electron chi connectivity index (χ2n) is 3.50. The summed E-state index contributed by atoms with van der Waals surface area (Å²) in [5.74, 6) is 6.73. The van der Waals surface area contributed by atoms with E-state index >= 15 is 0 Å². The van der Waals surface area contributed by atoms with E-state index in [1.165, 1.54) is 0 Å². The van der Waals surface area contributed by atoms with Crippen molar-refractivity contribution in [3.63, 3.8) is 0 Å². The van der Waals surface area contributed by atoms with Gasteiger partial charge in [-0.1, -0.05) is 6.58 Å². The average molecular weight is 182 g/mol. The van der Waals surface area contributed by atoms with Crippen LogP contribution in [0.3, 0.4) is 0 Å². The fourth-order valence-electron chi connectivity index (χ4n) is 1.40. The van der Waals surface area contributed by atoms with E-state index in [0.717, 1.165) is 25.5 Å². The summed E-state index contributed by atoms with van der Waals surface area (Å²) in [4.78, 5) is 6.42. The van der Waals surface area contributed by atoms with Gasteiger partial charge in [-0.25, -0.2) is 10.8 Å². The molecule has 1 aliphatic rings. The van der Waals surface area contributed by atoms with Gasteiger partial charge in [0, 0.05) is 25.2 Å². The SMILES string of the molecule is C=CN=C1CCN(C(C)C)CN1N. The molecule has 74 valence electrons. The number of hydrogen-bond acceptors (Lipinski definition) is 3. The summed E-state index contributed by atoms with van der Waals surface area (Å²) >= 11 is 0. The molecule has 0 bridgehead atoms. The zero-order chi connectivity index (χ0) is 9.84. The standard InChI is InChI=1S/C9H18N4/c1-4-11-9-5-6-12(8(2)3)7-13(9)10/h4,8H,1,5-7,10H2,2-3H3. The molecule has 4 heteroatoms. The molecule has 0 radical (unpaired) electrons. The monoisotopic (exact) mass is 182 g/mol. The highest BCUT2D eigenvalue weighted by Gasteiger charge is 2.20. The molecule has 13 heavy (non-hydrogen) atoms. The molecule has 0 aliphatic carbocycles. The summed E-state index contributed by atoms with van der Waals surface area (Å²) in [6.07, 6.45) is 2.45. The Labute approximate surface area is 79.7 Å². The van der Waals surface area contributed by atoms with Gasteiger partial charge in [-0.15, -0.1) is 0 Å². The van der Waals surface area contributed by atoms with Gasteiger partial charge >= 0.3 is 0 Å². The third kappa shape index (κ3) is 2.54. The maximum absolute atomic E-state index is 5.81. The third-order valence-electron chi connectivity index (χ3n) is 2.26. The maximum atomic E-state index is 5.81. The first-order valence-corrected chi connectivity index (χ1v) is 4.59. The van der Waals surface area contributed by atoms with E-state index in [-0.39, 0.29) is 0 Å². The van der Waals surface area contributed by atoms with Gasteiger partial charge in [0.2, 0.25) is 0 Å². The van der Waals surface area contributed by atoms with Crippen molar-refractivity contribution in [3.8, 4) is 0 Å². The predicted octanol–water partition coefficient (Wildman–Crippen LogP) is 0.776. The molecule has 0 amide bonds. The largest absolute Gasteiger partial charge is 0.284 e. The second-order valence-corrected chi connectivity index (χ2v) is 3.50. The van der Waals surface area contributed by atoms with Crippen molar-refractivity contribution in [3.05, 3.63) is 12.8 Å². The van der Waals surface area contributed by atoms with Crippen LogP contribution in [0, 0.1) is 0 Å². The minimum Gasteiger partial charge on any atom is -0.284 e. The molecule has 2 N–H and O–H groups in total. The van der Waals surface area contributed by atoms with E-state index in [1.54, 1.807) is 11.2 Å². The second kappa shape index (κ2) is 4.39. The Morgan fingerprint density at radius 2 is 2.31 bits per heavy atom. The Hall–Kier alpha value is -0.870. The van der Waals surface area contributed by atoms with Crippen LogP contribution in [0.1, 0.15) is 20.3 Å². The van der Waals surface area contributed by atoms with E-state index in [9.17, 15) is 0 Å². The molecule has 1 aliphatic heterocycles. The molecule has 1 fully saturated rings. The van der Waals surface area contributed by atoms with Crippen LogP contribution in [-0.2, 0) is 0 Å². The number of hydrazine groups is 1. The topological polar surface area (TPSA) is 44.9 Å². The van der Waals surface area contributed by atoms with Gasteiger partial charge in [0.1, 0.15) is 5.84 Å². The molecule has 0 unspecified atom stereocenters. The van der Waals surface area contributed by atoms with E-state index in [1.807, 2.05) is 0 Å². The highest BCUT2D eigenvalue weighted by atomic mass is 15.5.